The van der Waals surface area contributed by atoms with E-state index >= 15 is 0 Å². The van der Waals surface area contributed by atoms with Crippen LogP contribution >= 0.6 is 11.6 Å². The standard InChI is InChI=1S/C28H37ClO7.Na.H/c1-6-23(33)35-15-22(32)28(36-24(34)7-2)16(3)12-20-19-9-8-17-13-18(30)10-11-25(17,4)27(19,29)21(31)14-26(20,28)5;;/h10-11,13,16,19-21,31H,6-9,12,14-15H2,1-5H3;;/t16-,19-,20-,21-,25-,26-,27-,28-;;/m0../s1. The molecule has 0 aromatic rings. The zero-order valence-corrected chi connectivity index (χ0v) is 22.5. The van der Waals surface area contributed by atoms with Crippen LogP contribution in [0.4, 0.5) is 0 Å². The van der Waals surface area contributed by atoms with Gasteiger partial charge in [0.2, 0.25) is 5.78 Å². The minimum absolute atomic E-state index is 0. The summed E-state index contributed by atoms with van der Waals surface area (Å²) in [5.74, 6) is -2.24. The SMILES string of the molecule is CCC(=O)OCC(=O)[C@@]1(OC(=O)CC)[C@@H](C)C[C@H]2[C@@H]3CCC4=CC(=O)C=C[C@]4(C)[C@@]3(Cl)[C@@H](O)C[C@@]21C.[NaH]. The predicted molar refractivity (Wildman–Crippen MR) is 140 cm³/mol. The Morgan fingerprint density at radius 2 is 1.78 bits per heavy atom. The Bertz CT molecular complexity index is 1060. The second-order valence-corrected chi connectivity index (χ2v) is 12.0. The third kappa shape index (κ3) is 4.23. The predicted octanol–water partition coefficient (Wildman–Crippen LogP) is 3.44. The van der Waals surface area contributed by atoms with Crippen molar-refractivity contribution in [1.82, 2.24) is 0 Å². The number of ketones is 2. The Morgan fingerprint density at radius 3 is 2.41 bits per heavy atom. The summed E-state index contributed by atoms with van der Waals surface area (Å²) in [7, 11) is 0. The van der Waals surface area contributed by atoms with Crippen molar-refractivity contribution in [2.75, 3.05) is 6.61 Å². The van der Waals surface area contributed by atoms with Gasteiger partial charge in [0.05, 0.1) is 11.0 Å². The molecular formula is C28H38ClNaO7. The summed E-state index contributed by atoms with van der Waals surface area (Å²) in [5, 5.41) is 11.8. The van der Waals surface area contributed by atoms with Crippen LogP contribution in [0.25, 0.3) is 0 Å². The van der Waals surface area contributed by atoms with Crippen molar-refractivity contribution >= 4 is 64.7 Å². The Balaban J connectivity index is 0.00000380. The molecule has 0 amide bonds. The van der Waals surface area contributed by atoms with Gasteiger partial charge in [0.25, 0.3) is 0 Å². The summed E-state index contributed by atoms with van der Waals surface area (Å²) in [6, 6.07) is 0. The first-order valence-corrected chi connectivity index (χ1v) is 13.4. The molecule has 4 aliphatic rings. The number of alkyl halides is 1. The molecule has 3 saturated carbocycles. The first-order chi connectivity index (χ1) is 16.8. The van der Waals surface area contributed by atoms with E-state index in [0.29, 0.717) is 19.3 Å². The fourth-order valence-corrected chi connectivity index (χ4v) is 8.53. The Hall–Kier alpha value is -0.990. The van der Waals surface area contributed by atoms with Crippen LogP contribution in [0.1, 0.15) is 73.1 Å². The molecule has 8 atom stereocenters. The van der Waals surface area contributed by atoms with E-state index < -0.39 is 51.7 Å². The molecule has 0 saturated heterocycles. The average Bonchev–Trinajstić information content (AvgIpc) is 3.05. The van der Waals surface area contributed by atoms with Crippen LogP contribution in [0.5, 0.6) is 0 Å². The van der Waals surface area contributed by atoms with Gasteiger partial charge in [-0.3, -0.25) is 19.2 Å². The molecule has 37 heavy (non-hydrogen) atoms. The second-order valence-electron chi connectivity index (χ2n) is 11.4. The van der Waals surface area contributed by atoms with Crippen molar-refractivity contribution in [1.29, 1.82) is 0 Å². The third-order valence-corrected chi connectivity index (χ3v) is 10.7. The van der Waals surface area contributed by atoms with Crippen LogP contribution in [0.15, 0.2) is 23.8 Å². The molecule has 3 fully saturated rings. The normalized spacial score (nSPS) is 41.9. The summed E-state index contributed by atoms with van der Waals surface area (Å²) in [4.78, 5) is 49.5. The van der Waals surface area contributed by atoms with E-state index in [4.69, 9.17) is 21.1 Å². The molecule has 7 nitrogen and oxygen atoms in total. The Labute approximate surface area is 246 Å². The van der Waals surface area contributed by atoms with Crippen LogP contribution in [0, 0.1) is 28.6 Å². The Kier molecular flexibility index (Phi) is 8.70. The molecular weight excluding hydrogens is 507 g/mol. The van der Waals surface area contributed by atoms with Crippen LogP contribution in [-0.4, -0.2) is 81.4 Å². The van der Waals surface area contributed by atoms with Crippen molar-refractivity contribution < 1.29 is 33.8 Å². The van der Waals surface area contributed by atoms with Gasteiger partial charge in [-0.05, 0) is 49.7 Å². The number of halogens is 1. The molecule has 0 bridgehead atoms. The third-order valence-electron chi connectivity index (χ3n) is 9.81. The van der Waals surface area contributed by atoms with Gasteiger partial charge < -0.3 is 14.6 Å². The maximum absolute atomic E-state index is 13.9. The second kappa shape index (κ2) is 10.5. The fourth-order valence-electron chi connectivity index (χ4n) is 8.01. The first kappa shape index (κ1) is 30.6. The van der Waals surface area contributed by atoms with Gasteiger partial charge in [0.15, 0.2) is 18.0 Å². The summed E-state index contributed by atoms with van der Waals surface area (Å²) in [6.07, 6.45) is 6.18. The molecule has 1 N–H and O–H groups in total. The van der Waals surface area contributed by atoms with Gasteiger partial charge in [0.1, 0.15) is 0 Å². The van der Waals surface area contributed by atoms with Gasteiger partial charge in [-0.2, -0.15) is 0 Å². The molecule has 9 heteroatoms. The summed E-state index contributed by atoms with van der Waals surface area (Å²) in [5.41, 5.74) is -2.27. The van der Waals surface area contributed by atoms with Gasteiger partial charge in [0, 0.05) is 29.6 Å². The van der Waals surface area contributed by atoms with E-state index in [1.165, 1.54) is 6.08 Å². The molecule has 4 rings (SSSR count). The minimum atomic E-state index is -1.55. The number of aliphatic hydroxyl groups is 1. The molecule has 0 spiro atoms. The average molecular weight is 545 g/mol. The monoisotopic (exact) mass is 544 g/mol. The zero-order valence-electron chi connectivity index (χ0n) is 21.8. The number of Topliss-reactive ketones (excluding diaryl/α,β-unsaturated/α-hetero) is 1. The van der Waals surface area contributed by atoms with Gasteiger partial charge in [-0.15, -0.1) is 11.6 Å². The number of allylic oxidation sites excluding steroid dienone is 4. The van der Waals surface area contributed by atoms with Crippen molar-refractivity contribution in [2.45, 2.75) is 89.7 Å². The molecule has 0 aliphatic heterocycles. The van der Waals surface area contributed by atoms with E-state index in [2.05, 4.69) is 0 Å². The van der Waals surface area contributed by atoms with Crippen LogP contribution in [-0.2, 0) is 28.7 Å². The number of esters is 2. The quantitative estimate of drug-likeness (QED) is 0.310. The van der Waals surface area contributed by atoms with E-state index in [1.54, 1.807) is 19.9 Å². The molecule has 0 heterocycles. The summed E-state index contributed by atoms with van der Waals surface area (Å²) in [6.45, 7) is 8.61. The van der Waals surface area contributed by atoms with E-state index in [-0.39, 0.29) is 72.4 Å². The van der Waals surface area contributed by atoms with E-state index in [1.807, 2.05) is 26.8 Å². The van der Waals surface area contributed by atoms with Gasteiger partial charge in [-0.25, -0.2) is 0 Å². The first-order valence-electron chi connectivity index (χ1n) is 13.0. The van der Waals surface area contributed by atoms with Crippen molar-refractivity contribution in [3.63, 3.8) is 0 Å². The van der Waals surface area contributed by atoms with Crippen LogP contribution in [0.3, 0.4) is 0 Å². The number of rotatable bonds is 6. The number of aliphatic hydroxyl groups excluding tert-OH is 1. The van der Waals surface area contributed by atoms with Crippen LogP contribution in [0.2, 0.25) is 0 Å². The zero-order chi connectivity index (χ0) is 26.7. The van der Waals surface area contributed by atoms with Crippen molar-refractivity contribution in [2.24, 2.45) is 28.6 Å². The molecule has 0 radical (unpaired) electrons. The number of ether oxygens (including phenoxy) is 2. The maximum atomic E-state index is 13.9. The number of hydrogen-bond acceptors (Lipinski definition) is 7. The Morgan fingerprint density at radius 1 is 1.14 bits per heavy atom. The molecule has 0 unspecified atom stereocenters. The molecule has 0 aromatic carbocycles. The van der Waals surface area contributed by atoms with Gasteiger partial charge >= 0.3 is 41.5 Å². The molecule has 4 aliphatic carbocycles. The van der Waals surface area contributed by atoms with Crippen molar-refractivity contribution in [3.05, 3.63) is 23.8 Å². The summed E-state index contributed by atoms with van der Waals surface area (Å²) >= 11 is 7.48. The fraction of sp³-hybridized carbons (Fsp3) is 0.714. The number of fused-ring (bicyclic) bond motifs is 5. The van der Waals surface area contributed by atoms with Gasteiger partial charge in [-0.1, -0.05) is 46.3 Å². The molecule has 0 aromatic heterocycles. The summed E-state index contributed by atoms with van der Waals surface area (Å²) < 4.78 is 11.3. The number of carbonyl (C=O) groups excluding carboxylic acids is 4. The van der Waals surface area contributed by atoms with E-state index in [0.717, 1.165) is 5.57 Å². The number of hydrogen-bond donors (Lipinski definition) is 1. The van der Waals surface area contributed by atoms with Crippen molar-refractivity contribution in [3.8, 4) is 0 Å². The molecule has 200 valence electrons. The van der Waals surface area contributed by atoms with E-state index in [9.17, 15) is 24.3 Å². The van der Waals surface area contributed by atoms with Crippen LogP contribution < -0.4 is 0 Å². The topological polar surface area (TPSA) is 107 Å². The number of carbonyl (C=O) groups is 4.